The van der Waals surface area contributed by atoms with Crippen LogP contribution in [0, 0.1) is 0 Å². The van der Waals surface area contributed by atoms with E-state index in [0.29, 0.717) is 6.29 Å². The maximum absolute atomic E-state index is 11.1. The number of hydrogen-bond acceptors (Lipinski definition) is 6. The van der Waals surface area contributed by atoms with Crippen LogP contribution in [0.25, 0.3) is 0 Å². The number of aldehydes is 1. The smallest absolute Gasteiger partial charge is 0.303 e. The lowest BCUT2D eigenvalue weighted by atomic mass is 10.1. The van der Waals surface area contributed by atoms with Crippen molar-refractivity contribution in [1.29, 1.82) is 0 Å². The first-order valence-corrected chi connectivity index (χ1v) is 4.80. The maximum atomic E-state index is 11.1. The average molecular weight is 232 g/mol. The van der Waals surface area contributed by atoms with Crippen molar-refractivity contribution >= 4 is 18.0 Å². The number of carbonyl (C=O) groups is 3. The topological polar surface area (TPSA) is 116 Å². The summed E-state index contributed by atoms with van der Waals surface area (Å²) in [6.07, 6.45) is 0.458. The maximum Gasteiger partial charge on any atom is 0.303 e. The molecule has 0 aromatic carbocycles. The number of aliphatic hydroxyl groups is 1. The number of aliphatic carboxylic acids is 1. The summed E-state index contributed by atoms with van der Waals surface area (Å²) in [7, 11) is 0. The first-order chi connectivity index (χ1) is 7.51. The minimum absolute atomic E-state index is 0.120. The van der Waals surface area contributed by atoms with Crippen LogP contribution in [0.3, 0.4) is 0 Å². The van der Waals surface area contributed by atoms with Crippen molar-refractivity contribution < 1.29 is 24.6 Å². The van der Waals surface area contributed by atoms with Crippen molar-refractivity contribution in [3.63, 3.8) is 0 Å². The van der Waals surface area contributed by atoms with Gasteiger partial charge in [-0.05, 0) is 13.3 Å². The number of rotatable bonds is 9. The van der Waals surface area contributed by atoms with Gasteiger partial charge in [0.15, 0.2) is 0 Å². The summed E-state index contributed by atoms with van der Waals surface area (Å²) in [6.45, 7) is 0.913. The minimum atomic E-state index is -0.998. The molecule has 0 fully saturated rings. The molecular formula is C9H16N2O5. The van der Waals surface area contributed by atoms with Gasteiger partial charge in [-0.2, -0.15) is 0 Å². The van der Waals surface area contributed by atoms with Gasteiger partial charge in [-0.15, -0.1) is 0 Å². The molecule has 0 radical (unpaired) electrons. The van der Waals surface area contributed by atoms with Gasteiger partial charge in [0.05, 0.1) is 18.7 Å². The molecule has 0 spiro atoms. The Hall–Kier alpha value is -1.31. The van der Waals surface area contributed by atoms with Crippen LogP contribution >= 0.6 is 0 Å². The fourth-order valence-corrected chi connectivity index (χ4v) is 0.975. The van der Waals surface area contributed by atoms with Gasteiger partial charge < -0.3 is 15.0 Å². The van der Waals surface area contributed by atoms with Gasteiger partial charge in [0.25, 0.3) is 0 Å². The molecule has 0 saturated heterocycles. The number of hydrogen-bond donors (Lipinski definition) is 4. The number of carboxylic acid groups (broad SMARTS) is 1. The van der Waals surface area contributed by atoms with Crippen LogP contribution in [0.15, 0.2) is 0 Å². The molecule has 0 rings (SSSR count). The number of Topliss-reactive ketones (excluding diaryl/α,β-unsaturated/α-hetero) is 1. The van der Waals surface area contributed by atoms with Crippen LogP contribution in [0.1, 0.15) is 19.8 Å². The van der Waals surface area contributed by atoms with Gasteiger partial charge in [0, 0.05) is 6.42 Å². The van der Waals surface area contributed by atoms with E-state index >= 15 is 0 Å². The van der Waals surface area contributed by atoms with E-state index in [0.717, 1.165) is 0 Å². The van der Waals surface area contributed by atoms with Crippen LogP contribution in [-0.4, -0.2) is 46.9 Å². The Morgan fingerprint density at radius 3 is 2.38 bits per heavy atom. The largest absolute Gasteiger partial charge is 0.481 e. The molecule has 0 unspecified atom stereocenters. The van der Waals surface area contributed by atoms with Crippen molar-refractivity contribution in [2.45, 2.75) is 31.8 Å². The first kappa shape index (κ1) is 14.7. The highest BCUT2D eigenvalue weighted by molar-refractivity contribution is 5.82. The second kappa shape index (κ2) is 7.91. The number of carboxylic acids is 1. The normalized spacial score (nSPS) is 14.1. The van der Waals surface area contributed by atoms with Crippen LogP contribution < -0.4 is 10.9 Å². The summed E-state index contributed by atoms with van der Waals surface area (Å²) in [4.78, 5) is 31.8. The number of carbonyl (C=O) groups excluding carboxylic acids is 2. The Morgan fingerprint density at radius 1 is 1.38 bits per heavy atom. The molecule has 2 atom stereocenters. The SMILES string of the molecule is CC(=O)[C@H](CCC(=O)O)NN[C@H](C=O)CO. The van der Waals surface area contributed by atoms with Crippen molar-refractivity contribution in [1.82, 2.24) is 10.9 Å². The third kappa shape index (κ3) is 6.23. The molecule has 16 heavy (non-hydrogen) atoms. The zero-order chi connectivity index (χ0) is 12.6. The van der Waals surface area contributed by atoms with Crippen LogP contribution in [-0.2, 0) is 14.4 Å². The molecule has 0 amide bonds. The van der Waals surface area contributed by atoms with E-state index in [1.54, 1.807) is 0 Å². The van der Waals surface area contributed by atoms with Crippen molar-refractivity contribution in [2.24, 2.45) is 0 Å². The van der Waals surface area contributed by atoms with Crippen molar-refractivity contribution in [3.05, 3.63) is 0 Å². The molecule has 0 saturated carbocycles. The summed E-state index contributed by atoms with van der Waals surface area (Å²) < 4.78 is 0. The van der Waals surface area contributed by atoms with Gasteiger partial charge in [-0.25, -0.2) is 10.9 Å². The Labute approximate surface area is 92.8 Å². The molecule has 7 heteroatoms. The summed E-state index contributed by atoms with van der Waals surface area (Å²) in [6, 6.07) is -1.50. The second-order valence-electron chi connectivity index (χ2n) is 3.31. The van der Waals surface area contributed by atoms with E-state index < -0.39 is 24.7 Å². The van der Waals surface area contributed by atoms with Gasteiger partial charge in [-0.1, -0.05) is 0 Å². The average Bonchev–Trinajstić information content (AvgIpc) is 2.22. The molecule has 0 aromatic heterocycles. The van der Waals surface area contributed by atoms with Gasteiger partial charge in [-0.3, -0.25) is 9.59 Å². The van der Waals surface area contributed by atoms with Crippen LogP contribution in [0.4, 0.5) is 0 Å². The second-order valence-corrected chi connectivity index (χ2v) is 3.31. The van der Waals surface area contributed by atoms with Gasteiger partial charge >= 0.3 is 5.97 Å². The summed E-state index contributed by atoms with van der Waals surface area (Å²) in [5, 5.41) is 17.1. The van der Waals surface area contributed by atoms with Crippen LogP contribution in [0.5, 0.6) is 0 Å². The summed E-state index contributed by atoms with van der Waals surface area (Å²) >= 11 is 0. The summed E-state index contributed by atoms with van der Waals surface area (Å²) in [5.41, 5.74) is 4.96. The zero-order valence-electron chi connectivity index (χ0n) is 8.97. The Balaban J connectivity index is 4.07. The van der Waals surface area contributed by atoms with Crippen LogP contribution in [0.2, 0.25) is 0 Å². The molecule has 0 aliphatic rings. The van der Waals surface area contributed by atoms with E-state index in [-0.39, 0.29) is 18.6 Å². The highest BCUT2D eigenvalue weighted by Gasteiger charge is 2.16. The standard InChI is InChI=1S/C9H16N2O5/c1-6(14)8(2-3-9(15)16)11-10-7(4-12)5-13/h4,7-8,10-11,13H,2-3,5H2,1H3,(H,15,16)/t7-,8+/m1/s1. The predicted octanol–water partition coefficient (Wildman–Crippen LogP) is -1.54. The number of hydrazine groups is 1. The van der Waals surface area contributed by atoms with Crippen molar-refractivity contribution in [3.8, 4) is 0 Å². The molecule has 92 valence electrons. The molecule has 0 aromatic rings. The fourth-order valence-electron chi connectivity index (χ4n) is 0.975. The van der Waals surface area contributed by atoms with Gasteiger partial charge in [0.1, 0.15) is 12.1 Å². The number of ketones is 1. The van der Waals surface area contributed by atoms with Gasteiger partial charge in [0.2, 0.25) is 0 Å². The molecular weight excluding hydrogens is 216 g/mol. The fraction of sp³-hybridized carbons (Fsp3) is 0.667. The highest BCUT2D eigenvalue weighted by atomic mass is 16.4. The molecule has 0 aliphatic heterocycles. The Bertz CT molecular complexity index is 256. The number of aliphatic hydroxyl groups excluding tert-OH is 1. The Morgan fingerprint density at radius 2 is 2.00 bits per heavy atom. The summed E-state index contributed by atoms with van der Waals surface area (Å²) in [5.74, 6) is -1.24. The van der Waals surface area contributed by atoms with E-state index in [2.05, 4.69) is 10.9 Å². The van der Waals surface area contributed by atoms with E-state index in [9.17, 15) is 14.4 Å². The molecule has 0 heterocycles. The quantitative estimate of drug-likeness (QED) is 0.281. The highest BCUT2D eigenvalue weighted by Crippen LogP contribution is 1.98. The van der Waals surface area contributed by atoms with E-state index in [1.807, 2.05) is 0 Å². The Kier molecular flexibility index (Phi) is 7.27. The van der Waals surface area contributed by atoms with E-state index in [4.69, 9.17) is 10.2 Å². The lowest BCUT2D eigenvalue weighted by molar-refractivity contribution is -0.137. The monoisotopic (exact) mass is 232 g/mol. The minimum Gasteiger partial charge on any atom is -0.481 e. The molecule has 7 nitrogen and oxygen atoms in total. The third-order valence-corrected chi connectivity index (χ3v) is 1.94. The van der Waals surface area contributed by atoms with Crippen molar-refractivity contribution in [2.75, 3.05) is 6.61 Å². The third-order valence-electron chi connectivity index (χ3n) is 1.94. The predicted molar refractivity (Wildman–Crippen MR) is 54.5 cm³/mol. The molecule has 0 bridgehead atoms. The molecule has 0 aliphatic carbocycles. The lowest BCUT2D eigenvalue weighted by Gasteiger charge is -2.18. The number of nitrogens with one attached hydrogen (secondary N) is 2. The first-order valence-electron chi connectivity index (χ1n) is 4.80. The van der Waals surface area contributed by atoms with E-state index in [1.165, 1.54) is 6.92 Å². The lowest BCUT2D eigenvalue weighted by Crippen LogP contribution is -2.51. The zero-order valence-corrected chi connectivity index (χ0v) is 8.97. The molecule has 4 N–H and O–H groups in total.